The molecule has 156 valence electrons. The second-order valence-electron chi connectivity index (χ2n) is 6.72. The van der Waals surface area contributed by atoms with Crippen LogP contribution in [0, 0.1) is 5.82 Å². The molecule has 8 heteroatoms. The lowest BCUT2D eigenvalue weighted by atomic mass is 10.1. The van der Waals surface area contributed by atoms with Crippen molar-refractivity contribution in [3.05, 3.63) is 88.2 Å². The van der Waals surface area contributed by atoms with Crippen molar-refractivity contribution in [2.24, 2.45) is 0 Å². The molecule has 1 heterocycles. The average Bonchev–Trinajstić information content (AvgIpc) is 3.01. The topological polar surface area (TPSA) is 75.7 Å². The van der Waals surface area contributed by atoms with E-state index in [1.165, 1.54) is 30.3 Å². The number of amides is 3. The molecular weight excluding hydrogens is 423 g/mol. The molecule has 3 aromatic rings. The van der Waals surface area contributed by atoms with E-state index in [4.69, 9.17) is 16.3 Å². The highest BCUT2D eigenvalue weighted by Gasteiger charge is 2.37. The molecule has 31 heavy (non-hydrogen) atoms. The van der Waals surface area contributed by atoms with E-state index in [-0.39, 0.29) is 27.4 Å². The van der Waals surface area contributed by atoms with E-state index >= 15 is 0 Å². The molecule has 1 aliphatic heterocycles. The highest BCUT2D eigenvalue weighted by atomic mass is 35.5. The Morgan fingerprint density at radius 2 is 1.71 bits per heavy atom. The number of anilines is 2. The zero-order chi connectivity index (χ0) is 22.1. The summed E-state index contributed by atoms with van der Waals surface area (Å²) in [5, 5.41) is 2.48. The fourth-order valence-corrected chi connectivity index (χ4v) is 3.37. The van der Waals surface area contributed by atoms with Crippen LogP contribution in [0.1, 0.15) is 38.0 Å². The molecule has 0 radical (unpaired) electrons. The Bertz CT molecular complexity index is 1210. The summed E-state index contributed by atoms with van der Waals surface area (Å²) in [6.07, 6.45) is 0. The van der Waals surface area contributed by atoms with Crippen LogP contribution in [-0.4, -0.2) is 24.3 Å². The van der Waals surface area contributed by atoms with Gasteiger partial charge in [-0.05, 0) is 67.6 Å². The first-order valence-corrected chi connectivity index (χ1v) is 9.79. The van der Waals surface area contributed by atoms with Crippen molar-refractivity contribution in [1.82, 2.24) is 0 Å². The van der Waals surface area contributed by atoms with Gasteiger partial charge < -0.3 is 10.1 Å². The Kier molecular flexibility index (Phi) is 5.44. The smallest absolute Gasteiger partial charge is 0.266 e. The average molecular weight is 439 g/mol. The van der Waals surface area contributed by atoms with Gasteiger partial charge in [0.15, 0.2) is 0 Å². The zero-order valence-electron chi connectivity index (χ0n) is 16.3. The van der Waals surface area contributed by atoms with Crippen LogP contribution in [-0.2, 0) is 0 Å². The summed E-state index contributed by atoms with van der Waals surface area (Å²) in [5.74, 6) is -1.60. The SMILES string of the molecule is CCOc1ccc(N2C(=O)c3ccc(C(=O)Nc4ccc(Cl)c(F)c4)cc3C2=O)cc1. The summed E-state index contributed by atoms with van der Waals surface area (Å²) in [4.78, 5) is 39.3. The van der Waals surface area contributed by atoms with Gasteiger partial charge in [-0.25, -0.2) is 9.29 Å². The van der Waals surface area contributed by atoms with E-state index in [1.807, 2.05) is 6.92 Å². The Balaban J connectivity index is 1.58. The van der Waals surface area contributed by atoms with Crippen LogP contribution in [0.25, 0.3) is 0 Å². The second-order valence-corrected chi connectivity index (χ2v) is 7.12. The maximum absolute atomic E-state index is 13.6. The molecule has 0 saturated carbocycles. The molecule has 0 spiro atoms. The maximum Gasteiger partial charge on any atom is 0.266 e. The van der Waals surface area contributed by atoms with Crippen molar-refractivity contribution >= 4 is 40.7 Å². The number of hydrogen-bond donors (Lipinski definition) is 1. The second kappa shape index (κ2) is 8.20. The standard InChI is InChI=1S/C23H16ClFN2O4/c1-2-31-16-7-5-15(6-8-16)27-22(29)17-9-3-13(11-18(17)23(27)30)21(28)26-14-4-10-19(24)20(25)12-14/h3-12H,2H2,1H3,(H,26,28). The van der Waals surface area contributed by atoms with Gasteiger partial charge in [0.25, 0.3) is 17.7 Å². The fraction of sp³-hybridized carbons (Fsp3) is 0.0870. The van der Waals surface area contributed by atoms with E-state index in [2.05, 4.69) is 5.32 Å². The molecule has 4 rings (SSSR count). The molecule has 6 nitrogen and oxygen atoms in total. The summed E-state index contributed by atoms with van der Waals surface area (Å²) in [7, 11) is 0. The van der Waals surface area contributed by atoms with Crippen molar-refractivity contribution < 1.29 is 23.5 Å². The number of nitrogens with zero attached hydrogens (tertiary/aromatic N) is 1. The van der Waals surface area contributed by atoms with Gasteiger partial charge in [0.1, 0.15) is 11.6 Å². The third kappa shape index (κ3) is 3.87. The van der Waals surface area contributed by atoms with E-state index in [0.29, 0.717) is 18.0 Å². The first-order chi connectivity index (χ1) is 14.9. The Morgan fingerprint density at radius 3 is 2.39 bits per heavy atom. The summed E-state index contributed by atoms with van der Waals surface area (Å²) in [6, 6.07) is 14.7. The molecule has 0 unspecified atom stereocenters. The molecule has 0 bridgehead atoms. The molecule has 1 N–H and O–H groups in total. The number of fused-ring (bicyclic) bond motifs is 1. The zero-order valence-corrected chi connectivity index (χ0v) is 17.1. The number of benzene rings is 3. The van der Waals surface area contributed by atoms with Crippen LogP contribution in [0.4, 0.5) is 15.8 Å². The van der Waals surface area contributed by atoms with Crippen LogP contribution in [0.15, 0.2) is 60.7 Å². The van der Waals surface area contributed by atoms with Crippen LogP contribution in [0.2, 0.25) is 5.02 Å². The summed E-state index contributed by atoms with van der Waals surface area (Å²) < 4.78 is 19.0. The third-order valence-electron chi connectivity index (χ3n) is 4.73. The van der Waals surface area contributed by atoms with Gasteiger partial charge in [0.05, 0.1) is 28.4 Å². The van der Waals surface area contributed by atoms with Crippen LogP contribution in [0.3, 0.4) is 0 Å². The van der Waals surface area contributed by atoms with Gasteiger partial charge in [0.2, 0.25) is 0 Å². The first-order valence-electron chi connectivity index (χ1n) is 9.41. The number of ether oxygens (including phenoxy) is 1. The predicted octanol–water partition coefficient (Wildman–Crippen LogP) is 4.93. The van der Waals surface area contributed by atoms with Gasteiger partial charge in [0, 0.05) is 11.3 Å². The van der Waals surface area contributed by atoms with Crippen molar-refractivity contribution in [2.75, 3.05) is 16.8 Å². The van der Waals surface area contributed by atoms with Crippen LogP contribution >= 0.6 is 11.6 Å². The molecule has 3 aromatic carbocycles. The molecule has 3 amide bonds. The molecule has 0 aromatic heterocycles. The first kappa shape index (κ1) is 20.6. The van der Waals surface area contributed by atoms with Gasteiger partial charge in [-0.3, -0.25) is 14.4 Å². The summed E-state index contributed by atoms with van der Waals surface area (Å²) in [6.45, 7) is 2.36. The monoisotopic (exact) mass is 438 g/mol. The maximum atomic E-state index is 13.6. The van der Waals surface area contributed by atoms with Gasteiger partial charge >= 0.3 is 0 Å². The Labute approximate surface area is 182 Å². The van der Waals surface area contributed by atoms with Gasteiger partial charge in [-0.2, -0.15) is 0 Å². The third-order valence-corrected chi connectivity index (χ3v) is 5.04. The van der Waals surface area contributed by atoms with Crippen molar-refractivity contribution in [2.45, 2.75) is 6.92 Å². The fourth-order valence-electron chi connectivity index (χ4n) is 3.25. The molecule has 0 saturated heterocycles. The number of nitrogens with one attached hydrogen (secondary N) is 1. The summed E-state index contributed by atoms with van der Waals surface area (Å²) >= 11 is 5.65. The normalized spacial score (nSPS) is 12.7. The van der Waals surface area contributed by atoms with Crippen molar-refractivity contribution in [3.8, 4) is 5.75 Å². The number of halogens is 2. The van der Waals surface area contributed by atoms with Crippen molar-refractivity contribution in [1.29, 1.82) is 0 Å². The van der Waals surface area contributed by atoms with E-state index in [0.717, 1.165) is 11.0 Å². The lowest BCUT2D eigenvalue weighted by molar-refractivity contribution is 0.0925. The Hall–Kier alpha value is -3.71. The molecule has 0 aliphatic carbocycles. The largest absolute Gasteiger partial charge is 0.494 e. The van der Waals surface area contributed by atoms with E-state index in [1.54, 1.807) is 24.3 Å². The van der Waals surface area contributed by atoms with Gasteiger partial charge in [-0.15, -0.1) is 0 Å². The number of carbonyl (C=O) groups excluding carboxylic acids is 3. The predicted molar refractivity (Wildman–Crippen MR) is 115 cm³/mol. The number of hydrogen-bond acceptors (Lipinski definition) is 4. The lowest BCUT2D eigenvalue weighted by Crippen LogP contribution is -2.29. The number of rotatable bonds is 5. The lowest BCUT2D eigenvalue weighted by Gasteiger charge is -2.14. The molecular formula is C23H16ClFN2O4. The number of imide groups is 1. The van der Waals surface area contributed by atoms with Crippen LogP contribution in [0.5, 0.6) is 5.75 Å². The Morgan fingerprint density at radius 1 is 1.00 bits per heavy atom. The highest BCUT2D eigenvalue weighted by molar-refractivity contribution is 6.35. The minimum Gasteiger partial charge on any atom is -0.494 e. The molecule has 1 aliphatic rings. The van der Waals surface area contributed by atoms with Gasteiger partial charge in [-0.1, -0.05) is 11.6 Å². The molecule has 0 atom stereocenters. The quantitative estimate of drug-likeness (QED) is 0.573. The number of carbonyl (C=O) groups is 3. The summed E-state index contributed by atoms with van der Waals surface area (Å²) in [5.41, 5.74) is 1.09. The van der Waals surface area contributed by atoms with Crippen LogP contribution < -0.4 is 15.0 Å². The molecule has 0 fully saturated rings. The van der Waals surface area contributed by atoms with E-state index < -0.39 is 23.5 Å². The van der Waals surface area contributed by atoms with E-state index in [9.17, 15) is 18.8 Å². The minimum atomic E-state index is -0.666. The van der Waals surface area contributed by atoms with Crippen molar-refractivity contribution in [3.63, 3.8) is 0 Å². The minimum absolute atomic E-state index is 0.0611. The highest BCUT2D eigenvalue weighted by Crippen LogP contribution is 2.30.